The number of ether oxygens (including phenoxy) is 2. The zero-order chi connectivity index (χ0) is 26.0. The number of rotatable bonds is 11. The van der Waals surface area contributed by atoms with Gasteiger partial charge >= 0.3 is 6.36 Å². The van der Waals surface area contributed by atoms with Gasteiger partial charge in [0.05, 0.1) is 13.2 Å². The smallest absolute Gasteiger partial charge is 0.406 e. The molecule has 2 aliphatic rings. The van der Waals surface area contributed by atoms with Gasteiger partial charge in [0.25, 0.3) is 0 Å². The number of alkyl halides is 3. The Morgan fingerprint density at radius 1 is 1.11 bits per heavy atom. The second-order valence-electron chi connectivity index (χ2n) is 9.84. The predicted octanol–water partition coefficient (Wildman–Crippen LogP) is 4.73. The summed E-state index contributed by atoms with van der Waals surface area (Å²) >= 11 is 0. The van der Waals surface area contributed by atoms with E-state index in [4.69, 9.17) is 4.74 Å². The largest absolute Gasteiger partial charge is 0.573 e. The Balaban J connectivity index is 1.51. The molecule has 1 aliphatic heterocycles. The molecule has 0 aromatic heterocycles. The Morgan fingerprint density at radius 3 is 2.42 bits per heavy atom. The minimum absolute atomic E-state index is 0.00552. The Labute approximate surface area is 211 Å². The molecule has 7 nitrogen and oxygen atoms in total. The summed E-state index contributed by atoms with van der Waals surface area (Å²) in [6.45, 7) is 4.41. The minimum Gasteiger partial charge on any atom is -0.406 e. The average molecular weight is 514 g/mol. The number of amides is 2. The van der Waals surface area contributed by atoms with Crippen LogP contribution in [0.2, 0.25) is 0 Å². The maximum absolute atomic E-state index is 13.2. The second-order valence-corrected chi connectivity index (χ2v) is 9.84. The van der Waals surface area contributed by atoms with Crippen molar-refractivity contribution in [2.45, 2.75) is 70.7 Å². The van der Waals surface area contributed by atoms with Crippen molar-refractivity contribution in [3.8, 4) is 5.75 Å². The molecule has 202 valence electrons. The van der Waals surface area contributed by atoms with E-state index in [9.17, 15) is 22.8 Å². The standard InChI is InChI=1S/C26H38F3N3O4/c1-19(18-30-22-9-11-23(12-10-22)36-26(27,28)29)31-25(34)21(8-7-20-5-3-2-4-6-20)17-24(33)32-13-15-35-16-14-32/h9-12,19-21,30H,2-8,13-18H2,1H3,(H,31,34)/t19-,21+/m0/s1. The summed E-state index contributed by atoms with van der Waals surface area (Å²) in [4.78, 5) is 27.8. The van der Waals surface area contributed by atoms with Crippen LogP contribution in [0.15, 0.2) is 24.3 Å². The SMILES string of the molecule is C[C@@H](CNc1ccc(OC(F)(F)F)cc1)NC(=O)[C@H](CCC1CCCCC1)CC(=O)N1CCOCC1. The summed E-state index contributed by atoms with van der Waals surface area (Å²) in [5.41, 5.74) is 0.613. The van der Waals surface area contributed by atoms with Crippen LogP contribution >= 0.6 is 0 Å². The molecule has 1 saturated carbocycles. The molecule has 2 amide bonds. The first-order chi connectivity index (χ1) is 17.2. The zero-order valence-corrected chi connectivity index (χ0v) is 20.9. The number of morpholine rings is 1. The van der Waals surface area contributed by atoms with E-state index in [0.717, 1.165) is 6.42 Å². The third-order valence-corrected chi connectivity index (χ3v) is 6.89. The number of halogens is 3. The number of carbonyl (C=O) groups excluding carboxylic acids is 2. The molecule has 1 aromatic rings. The van der Waals surface area contributed by atoms with Crippen LogP contribution in [0.1, 0.15) is 58.3 Å². The Kier molecular flexibility index (Phi) is 10.7. The number of nitrogens with one attached hydrogen (secondary N) is 2. The van der Waals surface area contributed by atoms with E-state index in [1.54, 1.807) is 4.90 Å². The molecular weight excluding hydrogens is 475 g/mol. The number of nitrogens with zero attached hydrogens (tertiary/aromatic N) is 1. The molecule has 0 bridgehead atoms. The van der Waals surface area contributed by atoms with Gasteiger partial charge < -0.3 is 25.0 Å². The fraction of sp³-hybridized carbons (Fsp3) is 0.692. The van der Waals surface area contributed by atoms with Crippen LogP contribution in [0.4, 0.5) is 18.9 Å². The molecular formula is C26H38F3N3O4. The first kappa shape index (κ1) is 28.1. The third kappa shape index (κ3) is 9.87. The van der Waals surface area contributed by atoms with Crippen molar-refractivity contribution in [1.29, 1.82) is 0 Å². The molecule has 0 radical (unpaired) electrons. The van der Waals surface area contributed by atoms with Crippen molar-refractivity contribution >= 4 is 17.5 Å². The number of anilines is 1. The Morgan fingerprint density at radius 2 is 1.78 bits per heavy atom. The zero-order valence-electron chi connectivity index (χ0n) is 20.9. The van der Waals surface area contributed by atoms with Gasteiger partial charge in [0.2, 0.25) is 11.8 Å². The van der Waals surface area contributed by atoms with Gasteiger partial charge in [-0.3, -0.25) is 9.59 Å². The van der Waals surface area contributed by atoms with Gasteiger partial charge in [0.1, 0.15) is 5.75 Å². The van der Waals surface area contributed by atoms with Crippen molar-refractivity contribution < 1.29 is 32.2 Å². The lowest BCUT2D eigenvalue weighted by atomic mass is 9.83. The quantitative estimate of drug-likeness (QED) is 0.447. The molecule has 2 fully saturated rings. The highest BCUT2D eigenvalue weighted by atomic mass is 19.4. The van der Waals surface area contributed by atoms with E-state index in [1.807, 2.05) is 6.92 Å². The van der Waals surface area contributed by atoms with Crippen molar-refractivity contribution in [3.63, 3.8) is 0 Å². The van der Waals surface area contributed by atoms with Crippen LogP contribution in [-0.4, -0.2) is 62.0 Å². The van der Waals surface area contributed by atoms with E-state index in [1.165, 1.54) is 56.4 Å². The summed E-state index contributed by atoms with van der Waals surface area (Å²) in [5.74, 6) is -0.190. The lowest BCUT2D eigenvalue weighted by Crippen LogP contribution is -2.45. The van der Waals surface area contributed by atoms with E-state index < -0.39 is 6.36 Å². The first-order valence-corrected chi connectivity index (χ1v) is 12.9. The number of benzene rings is 1. The summed E-state index contributed by atoms with van der Waals surface area (Å²) < 4.78 is 46.2. The van der Waals surface area contributed by atoms with Crippen LogP contribution in [0.5, 0.6) is 5.75 Å². The lowest BCUT2D eigenvalue weighted by Gasteiger charge is -2.29. The number of hydrogen-bond donors (Lipinski definition) is 2. The topological polar surface area (TPSA) is 79.9 Å². The fourth-order valence-corrected chi connectivity index (χ4v) is 4.85. The van der Waals surface area contributed by atoms with Gasteiger partial charge in [-0.25, -0.2) is 0 Å². The van der Waals surface area contributed by atoms with Gasteiger partial charge in [-0.15, -0.1) is 13.2 Å². The highest BCUT2D eigenvalue weighted by molar-refractivity contribution is 5.86. The number of carbonyl (C=O) groups is 2. The molecule has 2 atom stereocenters. The molecule has 2 N–H and O–H groups in total. The molecule has 3 rings (SSSR count). The predicted molar refractivity (Wildman–Crippen MR) is 131 cm³/mol. The fourth-order valence-electron chi connectivity index (χ4n) is 4.85. The van der Waals surface area contributed by atoms with Crippen molar-refractivity contribution in [1.82, 2.24) is 10.2 Å². The highest BCUT2D eigenvalue weighted by Crippen LogP contribution is 2.30. The van der Waals surface area contributed by atoms with Gasteiger partial charge in [-0.05, 0) is 49.9 Å². The first-order valence-electron chi connectivity index (χ1n) is 12.9. The Bertz CT molecular complexity index is 823. The summed E-state index contributed by atoms with van der Waals surface area (Å²) in [5, 5.41) is 6.13. The van der Waals surface area contributed by atoms with Crippen LogP contribution < -0.4 is 15.4 Å². The maximum Gasteiger partial charge on any atom is 0.573 e. The normalized spacial score (nSPS) is 18.8. The monoisotopic (exact) mass is 513 g/mol. The highest BCUT2D eigenvalue weighted by Gasteiger charge is 2.31. The van der Waals surface area contributed by atoms with Crippen molar-refractivity contribution in [3.05, 3.63) is 24.3 Å². The molecule has 1 saturated heterocycles. The molecule has 10 heteroatoms. The summed E-state index contributed by atoms with van der Waals surface area (Å²) in [6.07, 6.45) is 3.24. The van der Waals surface area contributed by atoms with Crippen molar-refractivity contribution in [2.24, 2.45) is 11.8 Å². The molecule has 0 spiro atoms. The van der Waals surface area contributed by atoms with E-state index in [0.29, 0.717) is 50.9 Å². The maximum atomic E-state index is 13.2. The van der Waals surface area contributed by atoms with Gasteiger partial charge in [-0.1, -0.05) is 32.1 Å². The molecule has 1 aliphatic carbocycles. The van der Waals surface area contributed by atoms with Gasteiger partial charge in [-0.2, -0.15) is 0 Å². The van der Waals surface area contributed by atoms with Crippen LogP contribution in [0.3, 0.4) is 0 Å². The summed E-state index contributed by atoms with van der Waals surface area (Å²) in [6, 6.07) is 5.21. The second kappa shape index (κ2) is 13.7. The van der Waals surface area contributed by atoms with Gasteiger partial charge in [0, 0.05) is 43.7 Å². The van der Waals surface area contributed by atoms with Crippen LogP contribution in [0, 0.1) is 11.8 Å². The van der Waals surface area contributed by atoms with E-state index >= 15 is 0 Å². The lowest BCUT2D eigenvalue weighted by molar-refractivity contribution is -0.274. The van der Waals surface area contributed by atoms with E-state index in [-0.39, 0.29) is 35.9 Å². The van der Waals surface area contributed by atoms with Crippen LogP contribution in [0.25, 0.3) is 0 Å². The molecule has 36 heavy (non-hydrogen) atoms. The van der Waals surface area contributed by atoms with E-state index in [2.05, 4.69) is 15.4 Å². The average Bonchev–Trinajstić information content (AvgIpc) is 2.86. The van der Waals surface area contributed by atoms with Crippen molar-refractivity contribution in [2.75, 3.05) is 38.2 Å². The number of hydrogen-bond acceptors (Lipinski definition) is 5. The third-order valence-electron chi connectivity index (χ3n) is 6.89. The molecule has 1 aromatic carbocycles. The molecule has 0 unspecified atom stereocenters. The molecule has 1 heterocycles. The van der Waals surface area contributed by atoms with Crippen LogP contribution in [-0.2, 0) is 14.3 Å². The minimum atomic E-state index is -4.73. The summed E-state index contributed by atoms with van der Waals surface area (Å²) in [7, 11) is 0. The Hall–Kier alpha value is -2.49. The van der Waals surface area contributed by atoms with Gasteiger partial charge in [0.15, 0.2) is 0 Å².